The third-order valence-electron chi connectivity index (χ3n) is 2.89. The second-order valence-electron chi connectivity index (χ2n) is 4.58. The lowest BCUT2D eigenvalue weighted by Gasteiger charge is -2.12. The molecule has 1 aromatic carbocycles. The van der Waals surface area contributed by atoms with Gasteiger partial charge in [-0.2, -0.15) is 5.10 Å². The van der Waals surface area contributed by atoms with Crippen molar-refractivity contribution in [2.75, 3.05) is 5.32 Å². The van der Waals surface area contributed by atoms with E-state index in [-0.39, 0.29) is 5.91 Å². The highest BCUT2D eigenvalue weighted by molar-refractivity contribution is 5.94. The fraction of sp³-hybridized carbons (Fsp3) is 0.286. The van der Waals surface area contributed by atoms with E-state index in [2.05, 4.69) is 10.4 Å². The van der Waals surface area contributed by atoms with Crippen molar-refractivity contribution < 1.29 is 4.79 Å². The lowest BCUT2D eigenvalue weighted by Crippen LogP contribution is -2.37. The molecular formula is C14H18N4O. The summed E-state index contributed by atoms with van der Waals surface area (Å²) in [6.45, 7) is 1.87. The van der Waals surface area contributed by atoms with Crippen molar-refractivity contribution in [3.8, 4) is 0 Å². The first-order valence-electron chi connectivity index (χ1n) is 6.17. The Labute approximate surface area is 112 Å². The molecule has 1 aromatic heterocycles. The van der Waals surface area contributed by atoms with E-state index in [4.69, 9.17) is 5.73 Å². The van der Waals surface area contributed by atoms with Gasteiger partial charge < -0.3 is 11.1 Å². The highest BCUT2D eigenvalue weighted by atomic mass is 16.2. The first kappa shape index (κ1) is 13.3. The summed E-state index contributed by atoms with van der Waals surface area (Å²) in [6.07, 6.45) is 0.517. The quantitative estimate of drug-likeness (QED) is 0.866. The van der Waals surface area contributed by atoms with Crippen LogP contribution in [-0.2, 0) is 18.3 Å². The maximum atomic E-state index is 12.0. The molecule has 2 rings (SSSR count). The van der Waals surface area contributed by atoms with Gasteiger partial charge in [0.1, 0.15) is 5.82 Å². The van der Waals surface area contributed by atoms with Gasteiger partial charge in [-0.15, -0.1) is 0 Å². The van der Waals surface area contributed by atoms with Gasteiger partial charge >= 0.3 is 0 Å². The topological polar surface area (TPSA) is 72.9 Å². The molecule has 1 amide bonds. The molecule has 1 atom stereocenters. The largest absolute Gasteiger partial charge is 0.320 e. The molecule has 1 unspecified atom stereocenters. The van der Waals surface area contributed by atoms with Crippen molar-refractivity contribution >= 4 is 11.7 Å². The number of aromatic nitrogens is 2. The summed E-state index contributed by atoms with van der Waals surface area (Å²) in [5, 5.41) is 6.96. The lowest BCUT2D eigenvalue weighted by atomic mass is 10.1. The average Bonchev–Trinajstić information content (AvgIpc) is 2.69. The molecule has 0 spiro atoms. The first-order valence-corrected chi connectivity index (χ1v) is 6.17. The molecule has 100 valence electrons. The minimum Gasteiger partial charge on any atom is -0.320 e. The minimum atomic E-state index is -0.572. The number of carbonyl (C=O) groups excluding carboxylic acids is 1. The highest BCUT2D eigenvalue weighted by Gasteiger charge is 2.15. The molecular weight excluding hydrogens is 240 g/mol. The number of anilines is 1. The number of rotatable bonds is 4. The van der Waals surface area contributed by atoms with E-state index in [1.54, 1.807) is 11.7 Å². The second-order valence-corrected chi connectivity index (χ2v) is 4.58. The fourth-order valence-corrected chi connectivity index (χ4v) is 1.91. The van der Waals surface area contributed by atoms with Gasteiger partial charge in [0.05, 0.1) is 11.7 Å². The Bertz CT molecular complexity index is 562. The predicted octanol–water partition coefficient (Wildman–Crippen LogP) is 1.24. The van der Waals surface area contributed by atoms with Crippen molar-refractivity contribution in [3.63, 3.8) is 0 Å². The number of aryl methyl sites for hydroxylation is 2. The van der Waals surface area contributed by atoms with E-state index >= 15 is 0 Å². The van der Waals surface area contributed by atoms with Gasteiger partial charge in [0.2, 0.25) is 5.91 Å². The number of hydrogen-bond donors (Lipinski definition) is 2. The molecule has 0 aliphatic heterocycles. The van der Waals surface area contributed by atoms with Gasteiger partial charge in [-0.25, -0.2) is 0 Å². The number of benzene rings is 1. The van der Waals surface area contributed by atoms with Crippen molar-refractivity contribution in [2.24, 2.45) is 12.8 Å². The molecule has 0 radical (unpaired) electrons. The van der Waals surface area contributed by atoms with Gasteiger partial charge in [0.15, 0.2) is 0 Å². The fourth-order valence-electron chi connectivity index (χ4n) is 1.91. The van der Waals surface area contributed by atoms with E-state index in [9.17, 15) is 4.79 Å². The maximum Gasteiger partial charge on any atom is 0.242 e. The Morgan fingerprint density at radius 3 is 2.68 bits per heavy atom. The van der Waals surface area contributed by atoms with E-state index in [0.29, 0.717) is 12.2 Å². The number of amides is 1. The number of nitrogens with one attached hydrogen (secondary N) is 1. The summed E-state index contributed by atoms with van der Waals surface area (Å²) in [5.74, 6) is 0.456. The molecule has 0 aliphatic rings. The van der Waals surface area contributed by atoms with Crippen molar-refractivity contribution in [1.82, 2.24) is 9.78 Å². The Balaban J connectivity index is 1.98. The van der Waals surface area contributed by atoms with Crippen LogP contribution < -0.4 is 11.1 Å². The van der Waals surface area contributed by atoms with E-state index in [1.807, 2.05) is 43.3 Å². The van der Waals surface area contributed by atoms with Crippen LogP contribution in [0.3, 0.4) is 0 Å². The zero-order chi connectivity index (χ0) is 13.8. The average molecular weight is 258 g/mol. The van der Waals surface area contributed by atoms with Crippen LogP contribution in [0.15, 0.2) is 36.4 Å². The highest BCUT2D eigenvalue weighted by Crippen LogP contribution is 2.09. The summed E-state index contributed by atoms with van der Waals surface area (Å²) in [5.41, 5.74) is 7.82. The summed E-state index contributed by atoms with van der Waals surface area (Å²) in [7, 11) is 1.78. The second kappa shape index (κ2) is 5.67. The molecule has 5 nitrogen and oxygen atoms in total. The van der Waals surface area contributed by atoms with Gasteiger partial charge in [-0.1, -0.05) is 30.3 Å². The molecule has 2 aromatic rings. The van der Waals surface area contributed by atoms with Crippen molar-refractivity contribution in [2.45, 2.75) is 19.4 Å². The van der Waals surface area contributed by atoms with Crippen molar-refractivity contribution in [3.05, 3.63) is 47.7 Å². The molecule has 19 heavy (non-hydrogen) atoms. The summed E-state index contributed by atoms with van der Waals surface area (Å²) in [6, 6.07) is 11.0. The Morgan fingerprint density at radius 1 is 1.42 bits per heavy atom. The van der Waals surface area contributed by atoms with Crippen LogP contribution in [0.25, 0.3) is 0 Å². The van der Waals surface area contributed by atoms with Gasteiger partial charge in [-0.05, 0) is 18.9 Å². The summed E-state index contributed by atoms with van der Waals surface area (Å²) >= 11 is 0. The maximum absolute atomic E-state index is 12.0. The van der Waals surface area contributed by atoms with Gasteiger partial charge in [-0.3, -0.25) is 9.48 Å². The van der Waals surface area contributed by atoms with Crippen LogP contribution in [0.4, 0.5) is 5.82 Å². The monoisotopic (exact) mass is 258 g/mol. The summed E-state index contributed by atoms with van der Waals surface area (Å²) in [4.78, 5) is 12.0. The molecule has 0 fully saturated rings. The number of nitrogens with zero attached hydrogens (tertiary/aromatic N) is 2. The molecule has 0 bridgehead atoms. The zero-order valence-corrected chi connectivity index (χ0v) is 11.1. The van der Waals surface area contributed by atoms with Crippen LogP contribution in [0.5, 0.6) is 0 Å². The van der Waals surface area contributed by atoms with Crippen LogP contribution in [0, 0.1) is 6.92 Å². The third-order valence-corrected chi connectivity index (χ3v) is 2.89. The Morgan fingerprint density at radius 2 is 2.11 bits per heavy atom. The minimum absolute atomic E-state index is 0.202. The van der Waals surface area contributed by atoms with Gasteiger partial charge in [0, 0.05) is 13.1 Å². The standard InChI is InChI=1S/C14H18N4O/c1-10-8-13(18(2)17-10)16-14(19)12(15)9-11-6-4-3-5-7-11/h3-8,12H,9,15H2,1-2H3,(H,16,19). The van der Waals surface area contributed by atoms with E-state index in [0.717, 1.165) is 11.3 Å². The number of nitrogens with two attached hydrogens (primary N) is 1. The molecule has 5 heteroatoms. The van der Waals surface area contributed by atoms with Crippen LogP contribution in [0.2, 0.25) is 0 Å². The summed E-state index contributed by atoms with van der Waals surface area (Å²) < 4.78 is 1.63. The SMILES string of the molecule is Cc1cc(NC(=O)C(N)Cc2ccccc2)n(C)n1. The van der Waals surface area contributed by atoms with Crippen molar-refractivity contribution in [1.29, 1.82) is 0 Å². The van der Waals surface area contributed by atoms with Crippen LogP contribution in [-0.4, -0.2) is 21.7 Å². The normalized spacial score (nSPS) is 12.2. The predicted molar refractivity (Wildman–Crippen MR) is 74.7 cm³/mol. The zero-order valence-electron chi connectivity index (χ0n) is 11.1. The Hall–Kier alpha value is -2.14. The molecule has 0 aliphatic carbocycles. The third kappa shape index (κ3) is 3.42. The first-order chi connectivity index (χ1) is 9.06. The van der Waals surface area contributed by atoms with E-state index < -0.39 is 6.04 Å². The lowest BCUT2D eigenvalue weighted by molar-refractivity contribution is -0.117. The van der Waals surface area contributed by atoms with Crippen LogP contribution >= 0.6 is 0 Å². The number of carbonyl (C=O) groups is 1. The molecule has 3 N–H and O–H groups in total. The molecule has 1 heterocycles. The smallest absolute Gasteiger partial charge is 0.242 e. The Kier molecular flexibility index (Phi) is 3.97. The molecule has 0 saturated heterocycles. The van der Waals surface area contributed by atoms with Gasteiger partial charge in [0.25, 0.3) is 0 Å². The number of hydrogen-bond acceptors (Lipinski definition) is 3. The van der Waals surface area contributed by atoms with E-state index in [1.165, 1.54) is 0 Å². The van der Waals surface area contributed by atoms with Crippen LogP contribution in [0.1, 0.15) is 11.3 Å². The molecule has 0 saturated carbocycles.